The van der Waals surface area contributed by atoms with Gasteiger partial charge in [0.1, 0.15) is 11.6 Å². The van der Waals surface area contributed by atoms with Crippen LogP contribution in [-0.4, -0.2) is 29.1 Å². The second kappa shape index (κ2) is 4.41. The lowest BCUT2D eigenvalue weighted by molar-refractivity contribution is -0.138. The fourth-order valence-corrected chi connectivity index (χ4v) is 1.98. The van der Waals surface area contributed by atoms with E-state index >= 15 is 0 Å². The van der Waals surface area contributed by atoms with Crippen molar-refractivity contribution in [1.82, 2.24) is 4.90 Å². The van der Waals surface area contributed by atoms with Crippen molar-refractivity contribution < 1.29 is 18.7 Å². The Hall–Kier alpha value is -1.49. The second-order valence-corrected chi connectivity index (χ2v) is 4.40. The Morgan fingerprint density at radius 3 is 2.82 bits per heavy atom. The molecule has 0 aromatic heterocycles. The summed E-state index contributed by atoms with van der Waals surface area (Å²) < 4.78 is 26.3. The lowest BCUT2D eigenvalue weighted by Gasteiger charge is -2.16. The van der Waals surface area contributed by atoms with Crippen LogP contribution in [0.4, 0.5) is 8.78 Å². The van der Waals surface area contributed by atoms with Crippen LogP contribution in [0.25, 0.3) is 0 Å². The third-order valence-electron chi connectivity index (χ3n) is 3.07. The van der Waals surface area contributed by atoms with Crippen LogP contribution in [-0.2, 0) is 11.3 Å². The Bertz CT molecular complexity index is 450. The molecule has 2 rings (SSSR count). The Kier molecular flexibility index (Phi) is 3.11. The van der Waals surface area contributed by atoms with Gasteiger partial charge in [-0.2, -0.15) is 0 Å². The van der Waals surface area contributed by atoms with Gasteiger partial charge in [-0.3, -0.25) is 9.69 Å². The summed E-state index contributed by atoms with van der Waals surface area (Å²) in [6, 6.07) is 3.22. The van der Waals surface area contributed by atoms with E-state index < -0.39 is 17.6 Å². The Balaban J connectivity index is 2.02. The molecule has 0 aliphatic heterocycles. The molecule has 0 bridgehead atoms. The highest BCUT2D eigenvalue weighted by Crippen LogP contribution is 2.35. The highest BCUT2D eigenvalue weighted by atomic mass is 19.1. The van der Waals surface area contributed by atoms with Crippen molar-refractivity contribution in [3.05, 3.63) is 35.4 Å². The molecule has 1 aliphatic carbocycles. The first kappa shape index (κ1) is 12.0. The van der Waals surface area contributed by atoms with Gasteiger partial charge in [0.2, 0.25) is 0 Å². The first-order valence-corrected chi connectivity index (χ1v) is 5.36. The molecule has 1 fully saturated rings. The largest absolute Gasteiger partial charge is 0.481 e. The number of hydrogen-bond donors (Lipinski definition) is 1. The van der Waals surface area contributed by atoms with E-state index in [1.807, 2.05) is 0 Å². The van der Waals surface area contributed by atoms with Crippen molar-refractivity contribution in [2.75, 3.05) is 7.05 Å². The minimum atomic E-state index is -0.832. The fraction of sp³-hybridized carbons (Fsp3) is 0.417. The minimum absolute atomic E-state index is 0.0739. The number of aliphatic carboxylic acids is 1. The van der Waals surface area contributed by atoms with Crippen LogP contribution in [0.15, 0.2) is 18.2 Å². The molecule has 5 heteroatoms. The number of benzene rings is 1. The number of carboxylic acids is 1. The third-order valence-corrected chi connectivity index (χ3v) is 3.07. The number of carbonyl (C=O) groups is 1. The summed E-state index contributed by atoms with van der Waals surface area (Å²) in [5.74, 6) is -2.16. The predicted octanol–water partition coefficient (Wildman–Crippen LogP) is 1.87. The average Bonchev–Trinajstić information content (AvgIpc) is 3.03. The van der Waals surface area contributed by atoms with Crippen molar-refractivity contribution >= 4 is 5.97 Å². The SMILES string of the molecule is CN(Cc1cc(F)ccc1F)C1CC1C(=O)O. The Labute approximate surface area is 97.7 Å². The zero-order valence-corrected chi connectivity index (χ0v) is 9.36. The highest BCUT2D eigenvalue weighted by Gasteiger charge is 2.45. The van der Waals surface area contributed by atoms with Crippen LogP contribution in [0.1, 0.15) is 12.0 Å². The minimum Gasteiger partial charge on any atom is -0.481 e. The van der Waals surface area contributed by atoms with Crippen LogP contribution in [0.5, 0.6) is 0 Å². The fourth-order valence-electron chi connectivity index (χ4n) is 1.98. The van der Waals surface area contributed by atoms with Gasteiger partial charge in [0.15, 0.2) is 0 Å². The molecule has 2 atom stereocenters. The average molecular weight is 241 g/mol. The van der Waals surface area contributed by atoms with E-state index in [2.05, 4.69) is 0 Å². The molecule has 3 nitrogen and oxygen atoms in total. The van der Waals surface area contributed by atoms with Gasteiger partial charge in [-0.25, -0.2) is 8.78 Å². The molecule has 0 amide bonds. The van der Waals surface area contributed by atoms with Crippen LogP contribution >= 0.6 is 0 Å². The normalized spacial score (nSPS) is 22.8. The molecule has 0 saturated heterocycles. The molecule has 1 saturated carbocycles. The van der Waals surface area contributed by atoms with Crippen LogP contribution in [0, 0.1) is 17.6 Å². The van der Waals surface area contributed by atoms with Crippen molar-refractivity contribution in [2.24, 2.45) is 5.92 Å². The highest BCUT2D eigenvalue weighted by molar-refractivity contribution is 5.74. The van der Waals surface area contributed by atoms with Crippen LogP contribution < -0.4 is 0 Å². The van der Waals surface area contributed by atoms with Gasteiger partial charge in [-0.15, -0.1) is 0 Å². The lowest BCUT2D eigenvalue weighted by Crippen LogP contribution is -2.24. The standard InChI is InChI=1S/C12H13F2NO2/c1-15(11-5-9(11)12(16)17)6-7-4-8(13)2-3-10(7)14/h2-4,9,11H,5-6H2,1H3,(H,16,17). The summed E-state index contributed by atoms with van der Waals surface area (Å²) in [5.41, 5.74) is 0.253. The van der Waals surface area contributed by atoms with Crippen LogP contribution in [0.2, 0.25) is 0 Å². The van der Waals surface area contributed by atoms with E-state index in [0.717, 1.165) is 18.2 Å². The molecular weight excluding hydrogens is 228 g/mol. The zero-order chi connectivity index (χ0) is 12.6. The van der Waals surface area contributed by atoms with Gasteiger partial charge in [0.25, 0.3) is 0 Å². The van der Waals surface area contributed by atoms with Crippen molar-refractivity contribution in [2.45, 2.75) is 19.0 Å². The van der Waals surface area contributed by atoms with E-state index in [4.69, 9.17) is 5.11 Å². The van der Waals surface area contributed by atoms with E-state index in [-0.39, 0.29) is 24.1 Å². The maximum absolute atomic E-state index is 13.4. The summed E-state index contributed by atoms with van der Waals surface area (Å²) >= 11 is 0. The van der Waals surface area contributed by atoms with E-state index in [1.165, 1.54) is 0 Å². The molecule has 1 aliphatic rings. The monoisotopic (exact) mass is 241 g/mol. The van der Waals surface area contributed by atoms with Gasteiger partial charge < -0.3 is 5.11 Å². The molecule has 1 aromatic rings. The van der Waals surface area contributed by atoms with Crippen molar-refractivity contribution in [3.8, 4) is 0 Å². The topological polar surface area (TPSA) is 40.5 Å². The summed E-state index contributed by atoms with van der Waals surface area (Å²) in [6.45, 7) is 0.220. The molecule has 0 heterocycles. The Morgan fingerprint density at radius 1 is 1.53 bits per heavy atom. The predicted molar refractivity (Wildman–Crippen MR) is 57.4 cm³/mol. The molecule has 92 valence electrons. The molecular formula is C12H13F2NO2. The molecule has 2 unspecified atom stereocenters. The summed E-state index contributed by atoms with van der Waals surface area (Å²) in [7, 11) is 1.72. The first-order chi connectivity index (χ1) is 7.99. The van der Waals surface area contributed by atoms with Gasteiger partial charge in [-0.1, -0.05) is 0 Å². The summed E-state index contributed by atoms with van der Waals surface area (Å²) in [6.07, 6.45) is 0.572. The molecule has 17 heavy (non-hydrogen) atoms. The number of rotatable bonds is 4. The van der Waals surface area contributed by atoms with Gasteiger partial charge >= 0.3 is 5.97 Å². The number of nitrogens with zero attached hydrogens (tertiary/aromatic N) is 1. The Morgan fingerprint density at radius 2 is 2.24 bits per heavy atom. The van der Waals surface area contributed by atoms with Crippen molar-refractivity contribution in [3.63, 3.8) is 0 Å². The molecule has 1 N–H and O–H groups in total. The summed E-state index contributed by atoms with van der Waals surface area (Å²) in [5, 5.41) is 8.78. The number of hydrogen-bond acceptors (Lipinski definition) is 2. The van der Waals surface area contributed by atoms with Crippen molar-refractivity contribution in [1.29, 1.82) is 0 Å². The molecule has 0 spiro atoms. The van der Waals surface area contributed by atoms with E-state index in [1.54, 1.807) is 11.9 Å². The third kappa shape index (κ3) is 2.61. The molecule has 0 radical (unpaired) electrons. The number of halogens is 2. The van der Waals surface area contributed by atoms with E-state index in [0.29, 0.717) is 6.42 Å². The quantitative estimate of drug-likeness (QED) is 0.874. The van der Waals surface area contributed by atoms with Gasteiger partial charge in [-0.05, 0) is 31.7 Å². The maximum atomic E-state index is 13.4. The van der Waals surface area contributed by atoms with Gasteiger partial charge in [0, 0.05) is 18.2 Å². The first-order valence-electron chi connectivity index (χ1n) is 5.36. The molecule has 1 aromatic carbocycles. The summed E-state index contributed by atoms with van der Waals surface area (Å²) in [4.78, 5) is 12.4. The second-order valence-electron chi connectivity index (χ2n) is 4.40. The number of carboxylic acid groups (broad SMARTS) is 1. The van der Waals surface area contributed by atoms with Crippen LogP contribution in [0.3, 0.4) is 0 Å². The maximum Gasteiger partial charge on any atom is 0.308 e. The van der Waals surface area contributed by atoms with Gasteiger partial charge in [0.05, 0.1) is 5.92 Å². The lowest BCUT2D eigenvalue weighted by atomic mass is 10.2. The zero-order valence-electron chi connectivity index (χ0n) is 9.36. The van der Waals surface area contributed by atoms with E-state index in [9.17, 15) is 13.6 Å². The smallest absolute Gasteiger partial charge is 0.308 e.